The van der Waals surface area contributed by atoms with Crippen LogP contribution in [0.25, 0.3) is 0 Å². The molecule has 1 aromatic rings. The van der Waals surface area contributed by atoms with Crippen molar-refractivity contribution in [1.29, 1.82) is 5.26 Å². The first kappa shape index (κ1) is 15.7. The number of nitriles is 1. The van der Waals surface area contributed by atoms with Gasteiger partial charge in [-0.3, -0.25) is 9.00 Å². The van der Waals surface area contributed by atoms with E-state index >= 15 is 0 Å². The highest BCUT2D eigenvalue weighted by molar-refractivity contribution is 7.85. The molecule has 21 heavy (non-hydrogen) atoms. The first-order chi connectivity index (χ1) is 10.2. The maximum Gasteiger partial charge on any atom is 0.225 e. The predicted octanol–water partition coefficient (Wildman–Crippen LogP) is 2.83. The fourth-order valence-corrected chi connectivity index (χ4v) is 4.07. The predicted molar refractivity (Wildman–Crippen MR) is 84.2 cm³/mol. The lowest BCUT2D eigenvalue weighted by Gasteiger charge is -2.09. The van der Waals surface area contributed by atoms with Crippen LogP contribution in [0, 0.1) is 17.2 Å². The largest absolute Gasteiger partial charge is 0.325 e. The number of rotatable bonds is 6. The summed E-state index contributed by atoms with van der Waals surface area (Å²) in [6.07, 6.45) is 5.07. The second-order valence-electron chi connectivity index (χ2n) is 5.42. The summed E-state index contributed by atoms with van der Waals surface area (Å²) in [5.41, 5.74) is 0.963. The second-order valence-corrected chi connectivity index (χ2v) is 7.04. The van der Waals surface area contributed by atoms with E-state index in [1.54, 1.807) is 24.3 Å². The summed E-state index contributed by atoms with van der Waals surface area (Å²) in [7, 11) is -0.921. The quantitative estimate of drug-likeness (QED) is 0.878. The van der Waals surface area contributed by atoms with Crippen molar-refractivity contribution in [3.05, 3.63) is 29.8 Å². The third kappa shape index (κ3) is 4.98. The number of amides is 1. The molecule has 1 atom stereocenters. The molecule has 1 aliphatic rings. The lowest BCUT2D eigenvalue weighted by Crippen LogP contribution is -2.18. The van der Waals surface area contributed by atoms with E-state index < -0.39 is 10.8 Å². The molecule has 5 heteroatoms. The number of carbonyl (C=O) groups excluding carboxylic acids is 1. The first-order valence-corrected chi connectivity index (χ1v) is 8.82. The van der Waals surface area contributed by atoms with Gasteiger partial charge in [-0.05, 0) is 30.9 Å². The van der Waals surface area contributed by atoms with Crippen molar-refractivity contribution in [1.82, 2.24) is 0 Å². The molecule has 0 spiro atoms. The number of benzene rings is 1. The Bertz CT molecular complexity index is 560. The zero-order chi connectivity index (χ0) is 15.1. The first-order valence-electron chi connectivity index (χ1n) is 7.33. The van der Waals surface area contributed by atoms with Crippen LogP contribution in [0.4, 0.5) is 5.69 Å². The summed E-state index contributed by atoms with van der Waals surface area (Å²) < 4.78 is 12.0. The average Bonchev–Trinajstić information content (AvgIpc) is 2.98. The van der Waals surface area contributed by atoms with E-state index in [1.165, 1.54) is 25.7 Å². The minimum atomic E-state index is -0.921. The summed E-state index contributed by atoms with van der Waals surface area (Å²) in [5, 5.41) is 11.7. The van der Waals surface area contributed by atoms with Crippen molar-refractivity contribution < 1.29 is 9.00 Å². The van der Waals surface area contributed by atoms with Crippen LogP contribution in [0.5, 0.6) is 0 Å². The Balaban J connectivity index is 1.76. The smallest absolute Gasteiger partial charge is 0.225 e. The molecule has 112 valence electrons. The van der Waals surface area contributed by atoms with E-state index in [0.29, 0.717) is 22.9 Å². The van der Waals surface area contributed by atoms with Crippen LogP contribution in [0.15, 0.2) is 24.3 Å². The lowest BCUT2D eigenvalue weighted by atomic mass is 10.1. The minimum Gasteiger partial charge on any atom is -0.325 e. The normalized spacial score (nSPS) is 16.3. The number of para-hydroxylation sites is 1. The summed E-state index contributed by atoms with van der Waals surface area (Å²) in [6, 6.07) is 8.93. The molecule has 1 amide bonds. The Morgan fingerprint density at radius 2 is 2.05 bits per heavy atom. The number of carbonyl (C=O) groups is 1. The van der Waals surface area contributed by atoms with Crippen molar-refractivity contribution in [3.8, 4) is 6.07 Å². The zero-order valence-corrected chi connectivity index (χ0v) is 12.8. The molecule has 0 aromatic heterocycles. The van der Waals surface area contributed by atoms with Gasteiger partial charge in [-0.1, -0.05) is 25.0 Å². The molecule has 1 unspecified atom stereocenters. The molecule has 2 rings (SSSR count). The third-order valence-corrected chi connectivity index (χ3v) is 5.28. The van der Waals surface area contributed by atoms with Crippen LogP contribution >= 0.6 is 0 Å². The Morgan fingerprint density at radius 1 is 1.33 bits per heavy atom. The molecule has 1 fully saturated rings. The highest BCUT2D eigenvalue weighted by Crippen LogP contribution is 2.25. The van der Waals surface area contributed by atoms with Crippen LogP contribution in [0.2, 0.25) is 0 Å². The van der Waals surface area contributed by atoms with Gasteiger partial charge in [-0.15, -0.1) is 0 Å². The van der Waals surface area contributed by atoms with E-state index in [0.717, 1.165) is 5.75 Å². The van der Waals surface area contributed by atoms with Crippen LogP contribution in [-0.2, 0) is 15.6 Å². The standard InChI is InChI=1S/C16H20N2O2S/c17-11-14-7-3-4-8-15(14)18-16(19)9-10-21(20)12-13-5-1-2-6-13/h3-4,7-8,13H,1-2,5-6,9-10,12H2,(H,18,19). The number of nitrogens with zero attached hydrogens (tertiary/aromatic N) is 1. The maximum atomic E-state index is 12.0. The molecule has 0 radical (unpaired) electrons. The van der Waals surface area contributed by atoms with Gasteiger partial charge in [-0.25, -0.2) is 0 Å². The summed E-state index contributed by atoms with van der Waals surface area (Å²) in [4.78, 5) is 11.9. The third-order valence-electron chi connectivity index (χ3n) is 3.77. The molecule has 1 aliphatic carbocycles. The van der Waals surface area contributed by atoms with Gasteiger partial charge < -0.3 is 5.32 Å². The number of anilines is 1. The van der Waals surface area contributed by atoms with Crippen molar-refractivity contribution >= 4 is 22.4 Å². The molecule has 0 heterocycles. The van der Waals surface area contributed by atoms with E-state index in [-0.39, 0.29) is 12.3 Å². The van der Waals surface area contributed by atoms with E-state index in [4.69, 9.17) is 5.26 Å². The molecule has 1 N–H and O–H groups in total. The number of hydrogen-bond acceptors (Lipinski definition) is 3. The number of nitrogens with one attached hydrogen (secondary N) is 1. The summed E-state index contributed by atoms with van der Waals surface area (Å²) >= 11 is 0. The van der Waals surface area contributed by atoms with Crippen molar-refractivity contribution in [2.75, 3.05) is 16.8 Å². The van der Waals surface area contributed by atoms with Gasteiger partial charge >= 0.3 is 0 Å². The molecule has 0 aliphatic heterocycles. The minimum absolute atomic E-state index is 0.183. The summed E-state index contributed by atoms with van der Waals surface area (Å²) in [5.74, 6) is 1.52. The lowest BCUT2D eigenvalue weighted by molar-refractivity contribution is -0.115. The molecular formula is C16H20N2O2S. The molecular weight excluding hydrogens is 284 g/mol. The summed E-state index contributed by atoms with van der Waals surface area (Å²) in [6.45, 7) is 0. The molecule has 1 aromatic carbocycles. The van der Waals surface area contributed by atoms with Crippen LogP contribution in [0.3, 0.4) is 0 Å². The average molecular weight is 304 g/mol. The SMILES string of the molecule is N#Cc1ccccc1NC(=O)CCS(=O)CC1CCCC1. The zero-order valence-electron chi connectivity index (χ0n) is 12.0. The van der Waals surface area contributed by atoms with Crippen molar-refractivity contribution in [2.45, 2.75) is 32.1 Å². The fraction of sp³-hybridized carbons (Fsp3) is 0.500. The Labute approximate surface area is 128 Å². The van der Waals surface area contributed by atoms with Gasteiger partial charge in [0.25, 0.3) is 0 Å². The highest BCUT2D eigenvalue weighted by Gasteiger charge is 2.18. The van der Waals surface area contributed by atoms with Gasteiger partial charge in [0, 0.05) is 28.7 Å². The van der Waals surface area contributed by atoms with E-state index in [1.807, 2.05) is 6.07 Å². The molecule has 0 bridgehead atoms. The highest BCUT2D eigenvalue weighted by atomic mass is 32.2. The van der Waals surface area contributed by atoms with Crippen LogP contribution in [0.1, 0.15) is 37.7 Å². The van der Waals surface area contributed by atoms with Crippen LogP contribution < -0.4 is 5.32 Å². The fourth-order valence-electron chi connectivity index (χ4n) is 2.63. The van der Waals surface area contributed by atoms with Gasteiger partial charge in [-0.2, -0.15) is 5.26 Å². The van der Waals surface area contributed by atoms with Crippen LogP contribution in [-0.4, -0.2) is 21.6 Å². The Kier molecular flexibility index (Phi) is 5.94. The molecule has 4 nitrogen and oxygen atoms in total. The van der Waals surface area contributed by atoms with E-state index in [9.17, 15) is 9.00 Å². The Morgan fingerprint density at radius 3 is 2.76 bits per heavy atom. The van der Waals surface area contributed by atoms with Gasteiger partial charge in [0.05, 0.1) is 11.3 Å². The molecule has 0 saturated heterocycles. The number of hydrogen-bond donors (Lipinski definition) is 1. The Hall–Kier alpha value is -1.67. The second kappa shape index (κ2) is 7.94. The van der Waals surface area contributed by atoms with Gasteiger partial charge in [0.1, 0.15) is 6.07 Å². The van der Waals surface area contributed by atoms with Gasteiger partial charge in [0.15, 0.2) is 0 Å². The van der Waals surface area contributed by atoms with Crippen molar-refractivity contribution in [3.63, 3.8) is 0 Å². The maximum absolute atomic E-state index is 12.0. The van der Waals surface area contributed by atoms with Crippen molar-refractivity contribution in [2.24, 2.45) is 5.92 Å². The van der Waals surface area contributed by atoms with Gasteiger partial charge in [0.2, 0.25) is 5.91 Å². The topological polar surface area (TPSA) is 70.0 Å². The monoisotopic (exact) mass is 304 g/mol. The van der Waals surface area contributed by atoms with E-state index in [2.05, 4.69) is 5.32 Å². The molecule has 1 saturated carbocycles.